The van der Waals surface area contributed by atoms with Crippen LogP contribution in [0.25, 0.3) is 11.1 Å². The maximum absolute atomic E-state index is 12.9. The lowest BCUT2D eigenvalue weighted by Gasteiger charge is -2.34. The van der Waals surface area contributed by atoms with Crippen LogP contribution in [0.3, 0.4) is 0 Å². The summed E-state index contributed by atoms with van der Waals surface area (Å²) in [5.41, 5.74) is 14.8. The van der Waals surface area contributed by atoms with Crippen LogP contribution in [0.2, 0.25) is 0 Å². The predicted octanol–water partition coefficient (Wildman–Crippen LogP) is 4.63. The quantitative estimate of drug-likeness (QED) is 0.464. The molecule has 3 aromatic rings. The Balaban J connectivity index is 1.19. The zero-order chi connectivity index (χ0) is 23.7. The van der Waals surface area contributed by atoms with Crippen molar-refractivity contribution in [1.29, 1.82) is 0 Å². The second kappa shape index (κ2) is 9.24. The van der Waals surface area contributed by atoms with Crippen LogP contribution in [0.15, 0.2) is 60.7 Å². The summed E-state index contributed by atoms with van der Waals surface area (Å²) in [6.07, 6.45) is 5.33. The van der Waals surface area contributed by atoms with E-state index in [4.69, 9.17) is 16.9 Å². The summed E-state index contributed by atoms with van der Waals surface area (Å²) in [5.74, 6) is 2.75. The van der Waals surface area contributed by atoms with Crippen LogP contribution in [-0.2, 0) is 11.3 Å². The lowest BCUT2D eigenvalue weighted by molar-refractivity contribution is 0.0728. The Kier molecular flexibility index (Phi) is 6.00. The third-order valence-corrected chi connectivity index (χ3v) is 7.08. The molecule has 0 atom stereocenters. The minimum Gasteiger partial charge on any atom is -0.448 e. The molecule has 0 spiro atoms. The summed E-state index contributed by atoms with van der Waals surface area (Å²) in [5, 5.41) is 0. The number of terminal acetylenes is 1. The van der Waals surface area contributed by atoms with E-state index in [0.717, 1.165) is 42.0 Å². The molecule has 1 amide bonds. The fourth-order valence-corrected chi connectivity index (χ4v) is 5.06. The van der Waals surface area contributed by atoms with E-state index in [9.17, 15) is 4.79 Å². The van der Waals surface area contributed by atoms with E-state index in [-0.39, 0.29) is 12.0 Å². The molecule has 1 aliphatic heterocycles. The highest BCUT2D eigenvalue weighted by molar-refractivity contribution is 5.79. The van der Waals surface area contributed by atoms with Crippen molar-refractivity contribution in [3.05, 3.63) is 88.5 Å². The van der Waals surface area contributed by atoms with Gasteiger partial charge in [0, 0.05) is 49.9 Å². The fourth-order valence-electron chi connectivity index (χ4n) is 5.06. The molecular weight excluding hydrogens is 422 g/mol. The largest absolute Gasteiger partial charge is 0.448 e. The lowest BCUT2D eigenvalue weighted by Crippen LogP contribution is -2.48. The minimum atomic E-state index is -0.240. The Hall–Kier alpha value is -3.75. The number of carbonyl (C=O) groups excluding carboxylic acids is 1. The number of hydrogen-bond donors (Lipinski definition) is 1. The highest BCUT2D eigenvalue weighted by Crippen LogP contribution is 2.44. The molecule has 3 aromatic carbocycles. The average molecular weight is 452 g/mol. The van der Waals surface area contributed by atoms with Crippen LogP contribution in [0, 0.1) is 19.3 Å². The lowest BCUT2D eigenvalue weighted by atomic mass is 9.98. The Morgan fingerprint density at radius 3 is 2.26 bits per heavy atom. The molecule has 1 saturated heterocycles. The molecule has 0 bridgehead atoms. The second-order valence-electron chi connectivity index (χ2n) is 9.06. The molecule has 5 rings (SSSR count). The van der Waals surface area contributed by atoms with Crippen LogP contribution in [0.4, 0.5) is 10.5 Å². The number of rotatable bonds is 4. The van der Waals surface area contributed by atoms with Gasteiger partial charge in [0.05, 0.1) is 0 Å². The smallest absolute Gasteiger partial charge is 0.409 e. The summed E-state index contributed by atoms with van der Waals surface area (Å²) >= 11 is 0. The van der Waals surface area contributed by atoms with E-state index in [2.05, 4.69) is 47.2 Å². The maximum Gasteiger partial charge on any atom is 0.409 e. The van der Waals surface area contributed by atoms with Crippen molar-refractivity contribution in [1.82, 2.24) is 9.80 Å². The zero-order valence-electron chi connectivity index (χ0n) is 19.5. The molecule has 0 unspecified atom stereocenters. The van der Waals surface area contributed by atoms with Gasteiger partial charge in [-0.3, -0.25) is 4.90 Å². The molecule has 5 heteroatoms. The van der Waals surface area contributed by atoms with Crippen molar-refractivity contribution < 1.29 is 9.53 Å². The number of nitrogens with two attached hydrogens (primary N) is 1. The number of amides is 1. The van der Waals surface area contributed by atoms with Gasteiger partial charge >= 0.3 is 6.09 Å². The second-order valence-corrected chi connectivity index (χ2v) is 9.06. The van der Waals surface area contributed by atoms with Gasteiger partial charge in [0.1, 0.15) is 6.61 Å². The monoisotopic (exact) mass is 451 g/mol. The molecule has 1 heterocycles. The molecule has 34 heavy (non-hydrogen) atoms. The summed E-state index contributed by atoms with van der Waals surface area (Å²) in [7, 11) is 0. The van der Waals surface area contributed by atoms with Crippen molar-refractivity contribution in [2.24, 2.45) is 0 Å². The van der Waals surface area contributed by atoms with Crippen molar-refractivity contribution in [3.8, 4) is 23.5 Å². The van der Waals surface area contributed by atoms with E-state index < -0.39 is 0 Å². The van der Waals surface area contributed by atoms with E-state index >= 15 is 0 Å². The first-order valence-corrected chi connectivity index (χ1v) is 11.7. The maximum atomic E-state index is 12.9. The normalized spacial score (nSPS) is 15.5. The molecular formula is C29H29N3O2. The number of hydrogen-bond acceptors (Lipinski definition) is 4. The number of anilines is 1. The molecule has 5 nitrogen and oxygen atoms in total. The number of fused-ring (bicyclic) bond motifs is 3. The summed E-state index contributed by atoms with van der Waals surface area (Å²) in [6.45, 7) is 5.99. The number of benzene rings is 3. The fraction of sp³-hybridized carbons (Fsp3) is 0.276. The van der Waals surface area contributed by atoms with E-state index in [1.54, 1.807) is 0 Å². The molecule has 0 aromatic heterocycles. The SMILES string of the molecule is C#Cc1cc(N)c(C)c(CN2CCN(C(=O)OCC3c4ccccc4-c4ccccc43)CC2)c1. The number of ether oxygens (including phenoxy) is 1. The molecule has 1 aliphatic carbocycles. The number of carbonyl (C=O) groups is 1. The number of nitrogen functional groups attached to an aromatic ring is 1. The molecule has 2 N–H and O–H groups in total. The van der Waals surface area contributed by atoms with Gasteiger partial charge in [0.2, 0.25) is 0 Å². The predicted molar refractivity (Wildman–Crippen MR) is 135 cm³/mol. The van der Waals surface area contributed by atoms with Crippen LogP contribution in [0.1, 0.15) is 33.7 Å². The van der Waals surface area contributed by atoms with Gasteiger partial charge < -0.3 is 15.4 Å². The Labute approximate surface area is 201 Å². The average Bonchev–Trinajstić information content (AvgIpc) is 3.19. The van der Waals surface area contributed by atoms with Gasteiger partial charge in [0.25, 0.3) is 0 Å². The summed E-state index contributed by atoms with van der Waals surface area (Å²) in [4.78, 5) is 17.0. The Morgan fingerprint density at radius 1 is 1.03 bits per heavy atom. The van der Waals surface area contributed by atoms with Gasteiger partial charge in [-0.05, 0) is 52.4 Å². The van der Waals surface area contributed by atoms with Gasteiger partial charge in [-0.1, -0.05) is 54.5 Å². The highest BCUT2D eigenvalue weighted by atomic mass is 16.6. The first-order valence-electron chi connectivity index (χ1n) is 11.7. The highest BCUT2D eigenvalue weighted by Gasteiger charge is 2.30. The summed E-state index contributed by atoms with van der Waals surface area (Å²) in [6, 6.07) is 20.6. The Morgan fingerprint density at radius 2 is 1.65 bits per heavy atom. The van der Waals surface area contributed by atoms with Gasteiger partial charge in [-0.15, -0.1) is 6.42 Å². The van der Waals surface area contributed by atoms with E-state index in [1.165, 1.54) is 22.3 Å². The van der Waals surface area contributed by atoms with Crippen LogP contribution < -0.4 is 5.73 Å². The Bertz CT molecular complexity index is 1220. The zero-order valence-corrected chi connectivity index (χ0v) is 19.5. The van der Waals surface area contributed by atoms with Crippen LogP contribution in [-0.4, -0.2) is 48.7 Å². The summed E-state index contributed by atoms with van der Waals surface area (Å²) < 4.78 is 5.83. The van der Waals surface area contributed by atoms with Gasteiger partial charge in [-0.25, -0.2) is 4.79 Å². The number of nitrogens with zero attached hydrogens (tertiary/aromatic N) is 2. The molecule has 172 valence electrons. The van der Waals surface area contributed by atoms with Gasteiger partial charge in [0.15, 0.2) is 0 Å². The topological polar surface area (TPSA) is 58.8 Å². The first kappa shape index (κ1) is 22.1. The third kappa shape index (κ3) is 4.13. The third-order valence-electron chi connectivity index (χ3n) is 7.08. The van der Waals surface area contributed by atoms with E-state index in [0.29, 0.717) is 19.7 Å². The van der Waals surface area contributed by atoms with Crippen molar-refractivity contribution in [2.75, 3.05) is 38.5 Å². The first-order chi connectivity index (χ1) is 16.5. The molecule has 0 saturated carbocycles. The standard InChI is InChI=1S/C29H29N3O2/c1-3-21-16-22(20(2)28(30)17-21)18-31-12-14-32(15-13-31)29(33)34-19-27-25-10-6-4-8-23(25)24-9-5-7-11-26(24)27/h1,4-11,16-17,27H,12-15,18-19,30H2,2H3. The molecule has 0 radical (unpaired) electrons. The van der Waals surface area contributed by atoms with E-state index in [1.807, 2.05) is 36.1 Å². The number of piperazine rings is 1. The van der Waals surface area contributed by atoms with Crippen molar-refractivity contribution in [2.45, 2.75) is 19.4 Å². The minimum absolute atomic E-state index is 0.0782. The van der Waals surface area contributed by atoms with Crippen LogP contribution >= 0.6 is 0 Å². The molecule has 1 fully saturated rings. The molecule has 2 aliphatic rings. The van der Waals surface area contributed by atoms with Crippen LogP contribution in [0.5, 0.6) is 0 Å². The van der Waals surface area contributed by atoms with Crippen molar-refractivity contribution >= 4 is 11.8 Å². The van der Waals surface area contributed by atoms with Crippen molar-refractivity contribution in [3.63, 3.8) is 0 Å². The van der Waals surface area contributed by atoms with Gasteiger partial charge in [-0.2, -0.15) is 0 Å².